The van der Waals surface area contributed by atoms with Gasteiger partial charge in [-0.15, -0.1) is 12.4 Å². The lowest BCUT2D eigenvalue weighted by Gasteiger charge is -2.21. The van der Waals surface area contributed by atoms with Crippen molar-refractivity contribution in [2.45, 2.75) is 18.9 Å². The summed E-state index contributed by atoms with van der Waals surface area (Å²) in [6, 6.07) is 5.70. The lowest BCUT2D eigenvalue weighted by atomic mass is 9.98. The highest BCUT2D eigenvalue weighted by Crippen LogP contribution is 2.38. The molecule has 1 aliphatic carbocycles. The van der Waals surface area contributed by atoms with Gasteiger partial charge in [0.1, 0.15) is 13.2 Å². The van der Waals surface area contributed by atoms with Crippen LogP contribution in [0.25, 0.3) is 0 Å². The molecule has 2 N–H and O–H groups in total. The van der Waals surface area contributed by atoms with E-state index in [4.69, 9.17) is 15.2 Å². The van der Waals surface area contributed by atoms with Crippen LogP contribution < -0.4 is 15.2 Å². The number of amides is 1. The maximum absolute atomic E-state index is 12.7. The van der Waals surface area contributed by atoms with Crippen LogP contribution in [0.2, 0.25) is 0 Å². The van der Waals surface area contributed by atoms with Crippen molar-refractivity contribution >= 4 is 18.3 Å². The molecule has 2 aliphatic heterocycles. The Labute approximate surface area is 136 Å². The van der Waals surface area contributed by atoms with Gasteiger partial charge < -0.3 is 20.1 Å². The standard InChI is InChI=1S/C16H20N2O3.ClH/c17-13-3-1-11-8-18(9-12(11)13)16(19)10-2-4-14-15(7-10)21-6-5-20-14;/h2,4,7,11-13H,1,3,5-6,8-9,17H2;1H. The molecule has 1 saturated heterocycles. The quantitative estimate of drug-likeness (QED) is 0.853. The molecular formula is C16H21ClN2O3. The molecule has 3 atom stereocenters. The van der Waals surface area contributed by atoms with Crippen LogP contribution in [0, 0.1) is 11.8 Å². The number of nitrogens with two attached hydrogens (primary N) is 1. The van der Waals surface area contributed by atoms with Gasteiger partial charge in [-0.1, -0.05) is 0 Å². The Balaban J connectivity index is 0.00000144. The Morgan fingerprint density at radius 1 is 1.14 bits per heavy atom. The molecule has 0 bridgehead atoms. The zero-order valence-corrected chi connectivity index (χ0v) is 13.2. The summed E-state index contributed by atoms with van der Waals surface area (Å²) in [7, 11) is 0. The Kier molecular flexibility index (Phi) is 4.19. The van der Waals surface area contributed by atoms with Gasteiger partial charge in [-0.25, -0.2) is 0 Å². The molecule has 4 rings (SSSR count). The van der Waals surface area contributed by atoms with E-state index in [1.54, 1.807) is 6.07 Å². The summed E-state index contributed by atoms with van der Waals surface area (Å²) in [5.74, 6) is 2.53. The molecule has 120 valence electrons. The van der Waals surface area contributed by atoms with Crippen molar-refractivity contribution in [2.24, 2.45) is 17.6 Å². The first-order chi connectivity index (χ1) is 10.2. The third-order valence-electron chi connectivity index (χ3n) is 4.99. The molecule has 0 radical (unpaired) electrons. The number of hydrogen-bond donors (Lipinski definition) is 1. The summed E-state index contributed by atoms with van der Waals surface area (Å²) in [4.78, 5) is 14.6. The number of likely N-dealkylation sites (tertiary alicyclic amines) is 1. The van der Waals surface area contributed by atoms with Crippen LogP contribution in [0.15, 0.2) is 18.2 Å². The van der Waals surface area contributed by atoms with Gasteiger partial charge in [-0.3, -0.25) is 4.79 Å². The fourth-order valence-electron chi connectivity index (χ4n) is 3.83. The van der Waals surface area contributed by atoms with Gasteiger partial charge in [0.15, 0.2) is 11.5 Å². The minimum Gasteiger partial charge on any atom is -0.486 e. The maximum Gasteiger partial charge on any atom is 0.254 e. The Morgan fingerprint density at radius 2 is 1.91 bits per heavy atom. The highest BCUT2D eigenvalue weighted by molar-refractivity contribution is 5.95. The zero-order valence-electron chi connectivity index (χ0n) is 12.4. The van der Waals surface area contributed by atoms with Crippen molar-refractivity contribution in [3.8, 4) is 11.5 Å². The van der Waals surface area contributed by atoms with Crippen molar-refractivity contribution in [1.82, 2.24) is 4.90 Å². The van der Waals surface area contributed by atoms with E-state index in [2.05, 4.69) is 0 Å². The van der Waals surface area contributed by atoms with Gasteiger partial charge in [0.05, 0.1) is 0 Å². The molecule has 0 spiro atoms. The first kappa shape index (κ1) is 15.4. The maximum atomic E-state index is 12.7. The molecule has 1 amide bonds. The summed E-state index contributed by atoms with van der Waals surface area (Å²) >= 11 is 0. The number of carbonyl (C=O) groups is 1. The highest BCUT2D eigenvalue weighted by atomic mass is 35.5. The van der Waals surface area contributed by atoms with Gasteiger partial charge in [-0.2, -0.15) is 0 Å². The van der Waals surface area contributed by atoms with Crippen LogP contribution in [0.4, 0.5) is 0 Å². The van der Waals surface area contributed by atoms with Crippen LogP contribution in [0.5, 0.6) is 11.5 Å². The van der Waals surface area contributed by atoms with E-state index in [1.165, 1.54) is 0 Å². The number of fused-ring (bicyclic) bond motifs is 2. The molecule has 6 heteroatoms. The van der Waals surface area contributed by atoms with Crippen molar-refractivity contribution in [3.63, 3.8) is 0 Å². The summed E-state index contributed by atoms with van der Waals surface area (Å²) in [5, 5.41) is 0. The average Bonchev–Trinajstić information content (AvgIpc) is 3.08. The van der Waals surface area contributed by atoms with Crippen LogP contribution in [-0.2, 0) is 0 Å². The minimum atomic E-state index is 0. The van der Waals surface area contributed by atoms with E-state index in [0.717, 1.165) is 31.7 Å². The number of halogens is 1. The van der Waals surface area contributed by atoms with Gasteiger partial charge in [0, 0.05) is 24.7 Å². The van der Waals surface area contributed by atoms with Gasteiger partial charge in [-0.05, 0) is 42.9 Å². The topological polar surface area (TPSA) is 64.8 Å². The highest BCUT2D eigenvalue weighted by Gasteiger charge is 2.42. The Hall–Kier alpha value is -1.46. The Bertz CT molecular complexity index is 581. The molecule has 1 aromatic carbocycles. The first-order valence-corrected chi connectivity index (χ1v) is 7.67. The SMILES string of the molecule is Cl.NC1CCC2CN(C(=O)c3ccc4c(c3)OCCO4)CC12. The number of rotatable bonds is 1. The summed E-state index contributed by atoms with van der Waals surface area (Å²) < 4.78 is 11.0. The van der Waals surface area contributed by atoms with E-state index in [9.17, 15) is 4.79 Å². The third-order valence-corrected chi connectivity index (χ3v) is 4.99. The van der Waals surface area contributed by atoms with Crippen LogP contribution in [0.3, 0.4) is 0 Å². The molecule has 0 aromatic heterocycles. The molecule has 22 heavy (non-hydrogen) atoms. The molecule has 5 nitrogen and oxygen atoms in total. The summed E-state index contributed by atoms with van der Waals surface area (Å²) in [5.41, 5.74) is 6.81. The molecule has 1 saturated carbocycles. The van der Waals surface area contributed by atoms with E-state index >= 15 is 0 Å². The number of benzene rings is 1. The van der Waals surface area contributed by atoms with Crippen molar-refractivity contribution in [2.75, 3.05) is 26.3 Å². The lowest BCUT2D eigenvalue weighted by molar-refractivity contribution is 0.0778. The second-order valence-corrected chi connectivity index (χ2v) is 6.23. The molecular weight excluding hydrogens is 304 g/mol. The third kappa shape index (κ3) is 2.52. The number of ether oxygens (including phenoxy) is 2. The van der Waals surface area contributed by atoms with Crippen molar-refractivity contribution in [1.29, 1.82) is 0 Å². The summed E-state index contributed by atoms with van der Waals surface area (Å²) in [6.45, 7) is 2.73. The van der Waals surface area contributed by atoms with E-state index in [-0.39, 0.29) is 24.4 Å². The second kappa shape index (κ2) is 5.97. The predicted octanol–water partition coefficient (Wildman–Crippen LogP) is 1.69. The molecule has 2 fully saturated rings. The van der Waals surface area contributed by atoms with Gasteiger partial charge >= 0.3 is 0 Å². The Morgan fingerprint density at radius 3 is 2.68 bits per heavy atom. The molecule has 3 aliphatic rings. The summed E-state index contributed by atoms with van der Waals surface area (Å²) in [6.07, 6.45) is 2.25. The first-order valence-electron chi connectivity index (χ1n) is 7.67. The predicted molar refractivity (Wildman–Crippen MR) is 84.8 cm³/mol. The van der Waals surface area contributed by atoms with Gasteiger partial charge in [0.25, 0.3) is 5.91 Å². The largest absolute Gasteiger partial charge is 0.486 e. The van der Waals surface area contributed by atoms with Crippen LogP contribution in [0.1, 0.15) is 23.2 Å². The second-order valence-electron chi connectivity index (χ2n) is 6.23. The smallest absolute Gasteiger partial charge is 0.254 e. The molecule has 2 heterocycles. The number of hydrogen-bond acceptors (Lipinski definition) is 4. The van der Waals surface area contributed by atoms with Crippen LogP contribution >= 0.6 is 12.4 Å². The minimum absolute atomic E-state index is 0. The normalized spacial score (nSPS) is 29.0. The zero-order chi connectivity index (χ0) is 14.4. The average molecular weight is 325 g/mol. The lowest BCUT2D eigenvalue weighted by Crippen LogP contribution is -2.33. The van der Waals surface area contributed by atoms with Crippen molar-refractivity contribution in [3.05, 3.63) is 23.8 Å². The van der Waals surface area contributed by atoms with Crippen LogP contribution in [-0.4, -0.2) is 43.2 Å². The van der Waals surface area contributed by atoms with E-state index < -0.39 is 0 Å². The number of carbonyl (C=O) groups excluding carboxylic acids is 1. The number of nitrogens with zero attached hydrogens (tertiary/aromatic N) is 1. The van der Waals surface area contributed by atoms with E-state index in [1.807, 2.05) is 17.0 Å². The van der Waals surface area contributed by atoms with Crippen molar-refractivity contribution < 1.29 is 14.3 Å². The van der Waals surface area contributed by atoms with E-state index in [0.29, 0.717) is 36.4 Å². The fraction of sp³-hybridized carbons (Fsp3) is 0.562. The fourth-order valence-corrected chi connectivity index (χ4v) is 3.83. The van der Waals surface area contributed by atoms with Gasteiger partial charge in [0.2, 0.25) is 0 Å². The molecule has 3 unspecified atom stereocenters. The monoisotopic (exact) mass is 324 g/mol. The molecule has 1 aromatic rings.